The molecule has 1 aromatic rings. The number of aromatic hydroxyl groups is 1. The number of phenols is 1. The molecule has 0 atom stereocenters. The van der Waals surface area contributed by atoms with Crippen LogP contribution in [0.3, 0.4) is 0 Å². The van der Waals surface area contributed by atoms with Crippen molar-refractivity contribution in [2.24, 2.45) is 0 Å². The Kier molecular flexibility index (Phi) is 2.62. The Morgan fingerprint density at radius 1 is 1.23 bits per heavy atom. The van der Waals surface area contributed by atoms with Crippen LogP contribution < -0.4 is 0 Å². The maximum absolute atomic E-state index is 9.55. The Bertz CT molecular complexity index is 324. The highest BCUT2D eigenvalue weighted by molar-refractivity contribution is 7.80. The molecule has 0 aromatic heterocycles. The predicted octanol–water partition coefficient (Wildman–Crippen LogP) is 3.29. The molecular weight excluding hydrogens is 180 g/mol. The highest BCUT2D eigenvalue weighted by Gasteiger charge is 2.17. The third-order valence-corrected chi connectivity index (χ3v) is 2.49. The van der Waals surface area contributed by atoms with Crippen LogP contribution in [0.25, 0.3) is 0 Å². The van der Waals surface area contributed by atoms with Gasteiger partial charge in [-0.15, -0.1) is 12.6 Å². The van der Waals surface area contributed by atoms with Gasteiger partial charge in [-0.3, -0.25) is 0 Å². The maximum atomic E-state index is 9.55. The second-order valence-electron chi connectivity index (χ2n) is 4.41. The van der Waals surface area contributed by atoms with Crippen molar-refractivity contribution in [3.63, 3.8) is 0 Å². The summed E-state index contributed by atoms with van der Waals surface area (Å²) in [5.41, 5.74) is 1.99. The van der Waals surface area contributed by atoms with Gasteiger partial charge in [0.2, 0.25) is 0 Å². The standard InChI is InChI=1S/C11H16OS/c1-7-5-10(13)8(6-9(7)12)11(2,3)4/h5-6,12-13H,1-4H3. The Labute approximate surface area is 85.2 Å². The van der Waals surface area contributed by atoms with Crippen LogP contribution in [0, 0.1) is 6.92 Å². The molecule has 0 saturated heterocycles. The van der Waals surface area contributed by atoms with Crippen molar-refractivity contribution in [3.05, 3.63) is 23.3 Å². The minimum Gasteiger partial charge on any atom is -0.508 e. The fourth-order valence-electron chi connectivity index (χ4n) is 1.28. The van der Waals surface area contributed by atoms with Crippen LogP contribution in [0.1, 0.15) is 31.9 Å². The predicted molar refractivity (Wildman–Crippen MR) is 58.8 cm³/mol. The van der Waals surface area contributed by atoms with Crippen molar-refractivity contribution in [2.75, 3.05) is 0 Å². The zero-order valence-corrected chi connectivity index (χ0v) is 9.44. The Morgan fingerprint density at radius 3 is 2.23 bits per heavy atom. The first kappa shape index (κ1) is 10.5. The molecular formula is C11H16OS. The van der Waals surface area contributed by atoms with Crippen molar-refractivity contribution in [3.8, 4) is 5.75 Å². The summed E-state index contributed by atoms with van der Waals surface area (Å²) in [4.78, 5) is 0.947. The topological polar surface area (TPSA) is 20.2 Å². The van der Waals surface area contributed by atoms with E-state index in [2.05, 4.69) is 33.4 Å². The van der Waals surface area contributed by atoms with Gasteiger partial charge in [-0.05, 0) is 35.6 Å². The number of rotatable bonds is 0. The van der Waals surface area contributed by atoms with Gasteiger partial charge in [-0.1, -0.05) is 20.8 Å². The minimum absolute atomic E-state index is 0.0300. The molecule has 0 fully saturated rings. The number of aryl methyl sites for hydroxylation is 1. The SMILES string of the molecule is Cc1cc(S)c(C(C)(C)C)cc1O. The van der Waals surface area contributed by atoms with E-state index in [-0.39, 0.29) is 5.41 Å². The van der Waals surface area contributed by atoms with Gasteiger partial charge in [0.25, 0.3) is 0 Å². The zero-order valence-electron chi connectivity index (χ0n) is 8.55. The molecule has 0 aliphatic carbocycles. The molecule has 72 valence electrons. The summed E-state index contributed by atoms with van der Waals surface area (Å²) in [5, 5.41) is 9.55. The summed E-state index contributed by atoms with van der Waals surface area (Å²) in [7, 11) is 0. The average molecular weight is 196 g/mol. The monoisotopic (exact) mass is 196 g/mol. The minimum atomic E-state index is 0.0300. The molecule has 0 saturated carbocycles. The Morgan fingerprint density at radius 2 is 1.77 bits per heavy atom. The maximum Gasteiger partial charge on any atom is 0.118 e. The van der Waals surface area contributed by atoms with Crippen molar-refractivity contribution in [1.29, 1.82) is 0 Å². The van der Waals surface area contributed by atoms with Gasteiger partial charge in [-0.25, -0.2) is 0 Å². The summed E-state index contributed by atoms with van der Waals surface area (Å²) in [6, 6.07) is 3.71. The molecule has 1 N–H and O–H groups in total. The normalized spacial score (nSPS) is 11.8. The summed E-state index contributed by atoms with van der Waals surface area (Å²) in [5.74, 6) is 0.350. The van der Waals surface area contributed by atoms with Crippen molar-refractivity contribution in [2.45, 2.75) is 38.0 Å². The molecule has 1 aromatic carbocycles. The molecule has 0 aliphatic heterocycles. The number of hydrogen-bond acceptors (Lipinski definition) is 2. The van der Waals surface area contributed by atoms with Gasteiger partial charge in [-0.2, -0.15) is 0 Å². The van der Waals surface area contributed by atoms with E-state index in [1.54, 1.807) is 6.07 Å². The van der Waals surface area contributed by atoms with E-state index < -0.39 is 0 Å². The first-order chi connectivity index (χ1) is 5.82. The molecule has 13 heavy (non-hydrogen) atoms. The fourth-order valence-corrected chi connectivity index (χ4v) is 1.88. The van der Waals surface area contributed by atoms with E-state index in [1.165, 1.54) is 0 Å². The van der Waals surface area contributed by atoms with Crippen LogP contribution >= 0.6 is 12.6 Å². The highest BCUT2D eigenvalue weighted by atomic mass is 32.1. The van der Waals surface area contributed by atoms with E-state index in [1.807, 2.05) is 13.0 Å². The molecule has 0 bridgehead atoms. The summed E-state index contributed by atoms with van der Waals surface area (Å²) in [6.07, 6.45) is 0. The second kappa shape index (κ2) is 3.26. The molecule has 0 amide bonds. The summed E-state index contributed by atoms with van der Waals surface area (Å²) >= 11 is 4.40. The van der Waals surface area contributed by atoms with Gasteiger partial charge in [0, 0.05) is 4.90 Å². The lowest BCUT2D eigenvalue weighted by Gasteiger charge is -2.21. The third-order valence-electron chi connectivity index (χ3n) is 2.12. The van der Waals surface area contributed by atoms with Crippen LogP contribution in [0.15, 0.2) is 17.0 Å². The number of benzene rings is 1. The number of phenolic OH excluding ortho intramolecular Hbond substituents is 1. The van der Waals surface area contributed by atoms with Gasteiger partial charge < -0.3 is 5.11 Å². The number of thiol groups is 1. The van der Waals surface area contributed by atoms with Crippen LogP contribution in [-0.4, -0.2) is 5.11 Å². The van der Waals surface area contributed by atoms with Crippen molar-refractivity contribution >= 4 is 12.6 Å². The lowest BCUT2D eigenvalue weighted by molar-refractivity contribution is 0.465. The molecule has 0 spiro atoms. The lowest BCUT2D eigenvalue weighted by Crippen LogP contribution is -2.12. The van der Waals surface area contributed by atoms with Crippen molar-refractivity contribution < 1.29 is 5.11 Å². The zero-order chi connectivity index (χ0) is 10.2. The first-order valence-corrected chi connectivity index (χ1v) is 4.80. The molecule has 1 nitrogen and oxygen atoms in total. The molecule has 2 heteroatoms. The van der Waals surface area contributed by atoms with Crippen LogP contribution in [-0.2, 0) is 5.41 Å². The average Bonchev–Trinajstić information content (AvgIpc) is 1.94. The highest BCUT2D eigenvalue weighted by Crippen LogP contribution is 2.32. The second-order valence-corrected chi connectivity index (χ2v) is 4.89. The molecule has 0 aliphatic rings. The Hall–Kier alpha value is -0.630. The van der Waals surface area contributed by atoms with Gasteiger partial charge in [0.1, 0.15) is 5.75 Å². The van der Waals surface area contributed by atoms with Crippen LogP contribution in [0.2, 0.25) is 0 Å². The fraction of sp³-hybridized carbons (Fsp3) is 0.455. The van der Waals surface area contributed by atoms with E-state index in [0.717, 1.165) is 16.0 Å². The molecule has 1 rings (SSSR count). The van der Waals surface area contributed by atoms with E-state index in [9.17, 15) is 5.11 Å². The van der Waals surface area contributed by atoms with E-state index in [4.69, 9.17) is 0 Å². The lowest BCUT2D eigenvalue weighted by atomic mass is 9.86. The van der Waals surface area contributed by atoms with E-state index >= 15 is 0 Å². The van der Waals surface area contributed by atoms with Gasteiger partial charge in [0.15, 0.2) is 0 Å². The number of hydrogen-bond donors (Lipinski definition) is 2. The Balaban J connectivity index is 3.32. The van der Waals surface area contributed by atoms with Gasteiger partial charge >= 0.3 is 0 Å². The quantitative estimate of drug-likeness (QED) is 0.610. The summed E-state index contributed by atoms with van der Waals surface area (Å²) < 4.78 is 0. The summed E-state index contributed by atoms with van der Waals surface area (Å²) in [6.45, 7) is 8.20. The smallest absolute Gasteiger partial charge is 0.118 e. The van der Waals surface area contributed by atoms with E-state index in [0.29, 0.717) is 5.75 Å². The molecule has 0 radical (unpaired) electrons. The van der Waals surface area contributed by atoms with Crippen molar-refractivity contribution in [1.82, 2.24) is 0 Å². The molecule has 0 unspecified atom stereocenters. The first-order valence-electron chi connectivity index (χ1n) is 4.35. The molecule has 0 heterocycles. The van der Waals surface area contributed by atoms with Gasteiger partial charge in [0.05, 0.1) is 0 Å². The van der Waals surface area contributed by atoms with Crippen LogP contribution in [0.5, 0.6) is 5.75 Å². The van der Waals surface area contributed by atoms with Crippen LogP contribution in [0.4, 0.5) is 0 Å². The third kappa shape index (κ3) is 2.19. The largest absolute Gasteiger partial charge is 0.508 e.